The highest BCUT2D eigenvalue weighted by Gasteiger charge is 2.42. The summed E-state index contributed by atoms with van der Waals surface area (Å²) in [5.74, 6) is -1.05. The number of benzene rings is 2. The smallest absolute Gasteiger partial charge is 0.378 e. The zero-order valence-electron chi connectivity index (χ0n) is 47.8. The minimum atomic E-state index is -1.31. The lowest BCUT2D eigenvalue weighted by Crippen LogP contribution is -2.34. The molecule has 2 aromatic rings. The number of aliphatic hydroxyl groups excluding tert-OH is 1. The van der Waals surface area contributed by atoms with Crippen molar-refractivity contribution in [2.24, 2.45) is 0 Å². The zero-order chi connectivity index (χ0) is 52.8. The van der Waals surface area contributed by atoms with Crippen LogP contribution in [0.1, 0.15) is 257 Å². The van der Waals surface area contributed by atoms with Crippen LogP contribution in [0.4, 0.5) is 0 Å². The lowest BCUT2D eigenvalue weighted by molar-refractivity contribution is -0.155. The first kappa shape index (κ1) is 64.9. The number of carbonyl (C=O) groups excluding carboxylic acids is 2. The molecule has 0 spiro atoms. The third kappa shape index (κ3) is 32.9. The molecule has 0 saturated carbocycles. The molecule has 0 fully saturated rings. The van der Waals surface area contributed by atoms with Gasteiger partial charge in [0.15, 0.2) is 11.9 Å². The summed E-state index contributed by atoms with van der Waals surface area (Å²) in [6.07, 6.45) is 43.0. The van der Waals surface area contributed by atoms with Crippen molar-refractivity contribution in [1.29, 1.82) is 0 Å². The number of cyclic esters (lactones) is 1. The molecule has 0 bridgehead atoms. The second kappa shape index (κ2) is 45.8. The number of ether oxygens (including phenoxy) is 4. The van der Waals surface area contributed by atoms with Gasteiger partial charge in [-0.25, -0.2) is 4.79 Å². The van der Waals surface area contributed by atoms with Crippen LogP contribution in [-0.4, -0.2) is 84.9 Å². The van der Waals surface area contributed by atoms with Gasteiger partial charge in [-0.1, -0.05) is 261 Å². The molecule has 1 aliphatic rings. The summed E-state index contributed by atoms with van der Waals surface area (Å²) in [5, 5.41) is 11.2. The van der Waals surface area contributed by atoms with Gasteiger partial charge in [0.1, 0.15) is 25.9 Å². The summed E-state index contributed by atoms with van der Waals surface area (Å²) in [7, 11) is 0. The fourth-order valence-electron chi connectivity index (χ4n) is 10.2. The predicted molar refractivity (Wildman–Crippen MR) is 308 cm³/mol. The van der Waals surface area contributed by atoms with Crippen LogP contribution < -0.4 is 0 Å². The Kier molecular flexibility index (Phi) is 40.1. The summed E-state index contributed by atoms with van der Waals surface area (Å²) in [5.41, 5.74) is 1.76. The van der Waals surface area contributed by atoms with Crippen LogP contribution in [-0.2, 0) is 41.8 Å². The van der Waals surface area contributed by atoms with Crippen LogP contribution in [0, 0.1) is 0 Å². The van der Waals surface area contributed by atoms with Crippen molar-refractivity contribution in [3.8, 4) is 0 Å². The van der Waals surface area contributed by atoms with Crippen molar-refractivity contribution in [3.63, 3.8) is 0 Å². The van der Waals surface area contributed by atoms with Crippen LogP contribution in [0.15, 0.2) is 72.2 Å². The molecule has 0 radical (unpaired) electrons. The maximum absolute atomic E-state index is 13.1. The molecule has 3 rings (SSSR count). The van der Waals surface area contributed by atoms with Gasteiger partial charge in [0.25, 0.3) is 0 Å². The molecule has 2 atom stereocenters. The SMILES string of the molecule is CCCCCCCCCCCCN(CCCCCCCCCCCC)CCCN(CCCCCCCCCCCC)CCCCCC(=O)OCC(O)C1OC(=O)C(OCc2ccccc2)=C1OCc1ccccc1. The minimum Gasteiger partial charge on any atom is -0.485 e. The maximum Gasteiger partial charge on any atom is 0.378 e. The van der Waals surface area contributed by atoms with E-state index in [1.807, 2.05) is 60.7 Å². The molecule has 0 saturated heterocycles. The van der Waals surface area contributed by atoms with Crippen LogP contribution in [0.2, 0.25) is 0 Å². The molecule has 0 amide bonds. The van der Waals surface area contributed by atoms with Gasteiger partial charge in [-0.05, 0) is 88.9 Å². The number of nitrogens with zero attached hydrogens (tertiary/aromatic N) is 2. The van der Waals surface area contributed by atoms with Gasteiger partial charge in [0.2, 0.25) is 5.76 Å². The zero-order valence-corrected chi connectivity index (χ0v) is 47.8. The van der Waals surface area contributed by atoms with Crippen molar-refractivity contribution in [2.75, 3.05) is 45.9 Å². The van der Waals surface area contributed by atoms with Gasteiger partial charge in [-0.2, -0.15) is 0 Å². The van der Waals surface area contributed by atoms with E-state index in [2.05, 4.69) is 30.6 Å². The van der Waals surface area contributed by atoms with Crippen LogP contribution in [0.25, 0.3) is 0 Å². The molecule has 2 aromatic carbocycles. The van der Waals surface area contributed by atoms with Crippen molar-refractivity contribution in [1.82, 2.24) is 9.80 Å². The standard InChI is InChI=1S/C65H110N2O7/c1-4-7-10-13-16-19-22-25-28-39-49-66(50-40-29-26-23-20-17-14-11-8-5-2)53-43-54-67(51-41-30-27-24-21-18-15-12-9-6-3)52-42-33-38-48-61(69)71-57-60(68)62-63(72-55-58-44-34-31-35-45-58)64(65(70)74-62)73-56-59-46-36-32-37-47-59/h31-32,34-37,44-47,60,62,68H,4-30,33,38-43,48-57H2,1-3H3. The highest BCUT2D eigenvalue weighted by molar-refractivity contribution is 5.89. The molecule has 0 aliphatic carbocycles. The van der Waals surface area contributed by atoms with E-state index in [4.69, 9.17) is 18.9 Å². The lowest BCUT2D eigenvalue weighted by atomic mass is 10.1. The fourth-order valence-corrected chi connectivity index (χ4v) is 10.2. The van der Waals surface area contributed by atoms with E-state index in [-0.39, 0.29) is 43.7 Å². The quantitative estimate of drug-likeness (QED) is 0.0513. The van der Waals surface area contributed by atoms with Gasteiger partial charge < -0.3 is 33.9 Å². The first-order valence-electron chi connectivity index (χ1n) is 31.0. The highest BCUT2D eigenvalue weighted by atomic mass is 16.6. The van der Waals surface area contributed by atoms with E-state index in [1.54, 1.807) is 0 Å². The Morgan fingerprint density at radius 2 is 0.811 bits per heavy atom. The number of hydrogen-bond acceptors (Lipinski definition) is 9. The van der Waals surface area contributed by atoms with Crippen LogP contribution in [0.5, 0.6) is 0 Å². The van der Waals surface area contributed by atoms with E-state index >= 15 is 0 Å². The predicted octanol–water partition coefficient (Wildman–Crippen LogP) is 16.8. The average Bonchev–Trinajstić information content (AvgIpc) is 3.74. The second-order valence-electron chi connectivity index (χ2n) is 21.7. The van der Waals surface area contributed by atoms with Gasteiger partial charge in [-0.15, -0.1) is 0 Å². The monoisotopic (exact) mass is 1030 g/mol. The number of hydrogen-bond donors (Lipinski definition) is 1. The lowest BCUT2D eigenvalue weighted by Gasteiger charge is -2.26. The molecular formula is C65H110N2O7. The third-order valence-corrected chi connectivity index (χ3v) is 14.9. The Balaban J connectivity index is 1.47. The largest absolute Gasteiger partial charge is 0.485 e. The molecule has 1 aliphatic heterocycles. The van der Waals surface area contributed by atoms with Gasteiger partial charge in [-0.3, -0.25) is 4.79 Å². The molecule has 2 unspecified atom stereocenters. The van der Waals surface area contributed by atoms with E-state index < -0.39 is 18.2 Å². The van der Waals surface area contributed by atoms with E-state index in [0.717, 1.165) is 50.0 Å². The molecule has 1 heterocycles. The molecule has 9 heteroatoms. The third-order valence-electron chi connectivity index (χ3n) is 14.9. The summed E-state index contributed by atoms with van der Waals surface area (Å²) < 4.78 is 23.2. The average molecular weight is 1030 g/mol. The van der Waals surface area contributed by atoms with Crippen LogP contribution >= 0.6 is 0 Å². The van der Waals surface area contributed by atoms with E-state index in [0.29, 0.717) is 0 Å². The molecule has 0 aromatic heterocycles. The number of unbranched alkanes of at least 4 members (excludes halogenated alkanes) is 29. The number of esters is 2. The maximum atomic E-state index is 13.1. The normalized spacial score (nSPS) is 14.1. The van der Waals surface area contributed by atoms with Crippen molar-refractivity contribution < 1.29 is 33.6 Å². The van der Waals surface area contributed by atoms with Crippen molar-refractivity contribution >= 4 is 11.9 Å². The van der Waals surface area contributed by atoms with Crippen LogP contribution in [0.3, 0.4) is 0 Å². The Hall–Kier alpha value is -3.40. The minimum absolute atomic E-state index is 0.0756. The van der Waals surface area contributed by atoms with Crippen molar-refractivity contribution in [3.05, 3.63) is 83.3 Å². The Morgan fingerprint density at radius 1 is 0.473 bits per heavy atom. The highest BCUT2D eigenvalue weighted by Crippen LogP contribution is 2.29. The van der Waals surface area contributed by atoms with Gasteiger partial charge in [0, 0.05) is 6.42 Å². The summed E-state index contributed by atoms with van der Waals surface area (Å²) in [6, 6.07) is 19.1. The summed E-state index contributed by atoms with van der Waals surface area (Å²) in [4.78, 5) is 31.6. The molecule has 9 nitrogen and oxygen atoms in total. The van der Waals surface area contributed by atoms with Gasteiger partial charge >= 0.3 is 11.9 Å². The molecular weight excluding hydrogens is 921 g/mol. The Labute approximate surface area is 453 Å². The first-order chi connectivity index (χ1) is 36.4. The summed E-state index contributed by atoms with van der Waals surface area (Å²) >= 11 is 0. The number of carbonyl (C=O) groups is 2. The van der Waals surface area contributed by atoms with Gasteiger partial charge in [0.05, 0.1) is 0 Å². The number of rotatable bonds is 52. The molecule has 1 N–H and O–H groups in total. The second-order valence-corrected chi connectivity index (χ2v) is 21.7. The first-order valence-corrected chi connectivity index (χ1v) is 31.0. The molecule has 74 heavy (non-hydrogen) atoms. The van der Waals surface area contributed by atoms with Crippen molar-refractivity contribution in [2.45, 2.75) is 271 Å². The molecule has 422 valence electrons. The Bertz CT molecular complexity index is 1620. The van der Waals surface area contributed by atoms with E-state index in [9.17, 15) is 14.7 Å². The topological polar surface area (TPSA) is 97.8 Å². The Morgan fingerprint density at radius 3 is 1.20 bits per heavy atom. The van der Waals surface area contributed by atoms with E-state index in [1.165, 1.54) is 219 Å². The fraction of sp³-hybridized carbons (Fsp3) is 0.754. The number of aliphatic hydroxyl groups is 1. The summed E-state index contributed by atoms with van der Waals surface area (Å²) in [6.45, 7) is 13.9.